The number of benzene rings is 1. The van der Waals surface area contributed by atoms with Crippen LogP contribution in [-0.2, 0) is 6.54 Å². The minimum atomic E-state index is -0.0605. The molecule has 0 radical (unpaired) electrons. The highest BCUT2D eigenvalue weighted by atomic mass is 79.9. The van der Waals surface area contributed by atoms with E-state index in [4.69, 9.17) is 12.2 Å². The number of hydrogen-bond acceptors (Lipinski definition) is 3. The highest BCUT2D eigenvalue weighted by Crippen LogP contribution is 2.43. The van der Waals surface area contributed by atoms with Gasteiger partial charge >= 0.3 is 0 Å². The molecule has 0 amide bonds. The molecule has 33 heavy (non-hydrogen) atoms. The molecule has 0 bridgehead atoms. The van der Waals surface area contributed by atoms with Gasteiger partial charge in [-0.05, 0) is 85.7 Å². The van der Waals surface area contributed by atoms with Crippen molar-refractivity contribution in [1.29, 1.82) is 0 Å². The molecule has 1 fully saturated rings. The SMILES string of the molecule is Cc1cc([C@H]2[C@@H](c3ccccn3)NC(=S)N2c2ccc(Br)cc2)c(C)n1Cc1cccnc1. The molecular formula is C26H24BrN5S. The maximum absolute atomic E-state index is 5.86. The fourth-order valence-corrected chi connectivity index (χ4v) is 5.21. The van der Waals surface area contributed by atoms with E-state index < -0.39 is 0 Å². The summed E-state index contributed by atoms with van der Waals surface area (Å²) < 4.78 is 3.39. The Morgan fingerprint density at radius 2 is 1.85 bits per heavy atom. The van der Waals surface area contributed by atoms with Crippen LogP contribution >= 0.6 is 28.1 Å². The van der Waals surface area contributed by atoms with Crippen LogP contribution in [-0.4, -0.2) is 19.6 Å². The first-order valence-corrected chi connectivity index (χ1v) is 12.0. The Bertz CT molecular complexity index is 1270. The van der Waals surface area contributed by atoms with Crippen LogP contribution in [0.1, 0.15) is 40.3 Å². The first-order valence-electron chi connectivity index (χ1n) is 10.8. The third-order valence-electron chi connectivity index (χ3n) is 6.20. The monoisotopic (exact) mass is 517 g/mol. The average molecular weight is 518 g/mol. The van der Waals surface area contributed by atoms with Gasteiger partial charge in [-0.2, -0.15) is 0 Å². The fraction of sp³-hybridized carbons (Fsp3) is 0.192. The van der Waals surface area contributed by atoms with Crippen molar-refractivity contribution in [2.75, 3.05) is 4.90 Å². The van der Waals surface area contributed by atoms with Crippen molar-refractivity contribution in [2.24, 2.45) is 0 Å². The van der Waals surface area contributed by atoms with Gasteiger partial charge < -0.3 is 14.8 Å². The Morgan fingerprint density at radius 3 is 2.55 bits per heavy atom. The Kier molecular flexibility index (Phi) is 6.00. The summed E-state index contributed by atoms with van der Waals surface area (Å²) in [5.74, 6) is 0. The molecule has 1 aromatic carbocycles. The topological polar surface area (TPSA) is 46.0 Å². The second-order valence-corrected chi connectivity index (χ2v) is 9.55. The molecule has 0 saturated carbocycles. The van der Waals surface area contributed by atoms with Crippen molar-refractivity contribution in [3.05, 3.63) is 112 Å². The van der Waals surface area contributed by atoms with E-state index in [0.717, 1.165) is 22.4 Å². The summed E-state index contributed by atoms with van der Waals surface area (Å²) in [5.41, 5.74) is 6.87. The van der Waals surface area contributed by atoms with E-state index in [1.807, 2.05) is 36.8 Å². The summed E-state index contributed by atoms with van der Waals surface area (Å²) in [6.07, 6.45) is 5.57. The van der Waals surface area contributed by atoms with Crippen molar-refractivity contribution >= 4 is 38.9 Å². The van der Waals surface area contributed by atoms with Gasteiger partial charge in [0.1, 0.15) is 0 Å². The molecule has 1 saturated heterocycles. The second-order valence-electron chi connectivity index (χ2n) is 8.25. The number of rotatable bonds is 5. The summed E-state index contributed by atoms with van der Waals surface area (Å²) in [4.78, 5) is 11.2. The van der Waals surface area contributed by atoms with Gasteiger partial charge in [0, 0.05) is 46.7 Å². The molecule has 4 aromatic rings. The summed E-state index contributed by atoms with van der Waals surface area (Å²) in [7, 11) is 0. The van der Waals surface area contributed by atoms with E-state index in [9.17, 15) is 0 Å². The van der Waals surface area contributed by atoms with Gasteiger partial charge in [-0.3, -0.25) is 9.97 Å². The minimum absolute atomic E-state index is 0.0255. The lowest BCUT2D eigenvalue weighted by atomic mass is 9.96. The van der Waals surface area contributed by atoms with Crippen LogP contribution in [0.4, 0.5) is 5.69 Å². The molecule has 5 nitrogen and oxygen atoms in total. The molecule has 0 aliphatic carbocycles. The van der Waals surface area contributed by atoms with E-state index in [2.05, 4.69) is 97.0 Å². The Labute approximate surface area is 207 Å². The number of nitrogens with zero attached hydrogens (tertiary/aromatic N) is 4. The maximum Gasteiger partial charge on any atom is 0.174 e. The molecule has 0 unspecified atom stereocenters. The lowest BCUT2D eigenvalue weighted by Gasteiger charge is -2.28. The van der Waals surface area contributed by atoms with Crippen LogP contribution < -0.4 is 10.2 Å². The maximum atomic E-state index is 5.86. The zero-order valence-corrected chi connectivity index (χ0v) is 20.8. The van der Waals surface area contributed by atoms with Crippen LogP contribution in [0, 0.1) is 13.8 Å². The molecule has 3 aromatic heterocycles. The Hall–Kier alpha value is -3.03. The van der Waals surface area contributed by atoms with Crippen LogP contribution in [0.25, 0.3) is 0 Å². The third kappa shape index (κ3) is 4.18. The number of hydrogen-bond donors (Lipinski definition) is 1. The number of halogens is 1. The van der Waals surface area contributed by atoms with E-state index in [0.29, 0.717) is 5.11 Å². The number of anilines is 1. The van der Waals surface area contributed by atoms with Gasteiger partial charge in [0.15, 0.2) is 5.11 Å². The zero-order valence-electron chi connectivity index (χ0n) is 18.4. The molecule has 1 N–H and O–H groups in total. The Morgan fingerprint density at radius 1 is 1.03 bits per heavy atom. The van der Waals surface area contributed by atoms with Crippen LogP contribution in [0.15, 0.2) is 83.7 Å². The lowest BCUT2D eigenvalue weighted by Crippen LogP contribution is -2.29. The largest absolute Gasteiger partial charge is 0.351 e. The van der Waals surface area contributed by atoms with E-state index in [-0.39, 0.29) is 12.1 Å². The van der Waals surface area contributed by atoms with Crippen LogP contribution in [0.3, 0.4) is 0 Å². The number of aryl methyl sites for hydroxylation is 1. The van der Waals surface area contributed by atoms with Crippen molar-refractivity contribution in [2.45, 2.75) is 32.5 Å². The minimum Gasteiger partial charge on any atom is -0.351 e. The van der Waals surface area contributed by atoms with E-state index >= 15 is 0 Å². The number of thiocarbonyl (C=S) groups is 1. The molecule has 166 valence electrons. The highest BCUT2D eigenvalue weighted by Gasteiger charge is 2.42. The van der Waals surface area contributed by atoms with E-state index in [1.54, 1.807) is 0 Å². The molecule has 1 aliphatic rings. The average Bonchev–Trinajstić information content (AvgIpc) is 3.32. The molecule has 5 rings (SSSR count). The smallest absolute Gasteiger partial charge is 0.174 e. The first kappa shape index (κ1) is 21.8. The van der Waals surface area contributed by atoms with Gasteiger partial charge in [-0.25, -0.2) is 0 Å². The standard InChI is InChI=1S/C26H24BrN5S/c1-17-14-22(18(2)31(17)16-19-6-5-12-28-15-19)25-24(23-7-3-4-13-29-23)30-26(33)32(25)21-10-8-20(27)9-11-21/h3-15,24-25H,16H2,1-2H3,(H,30,33)/t24-,25+/m1/s1. The van der Waals surface area contributed by atoms with Crippen molar-refractivity contribution in [3.8, 4) is 0 Å². The summed E-state index contributed by atoms with van der Waals surface area (Å²) in [6, 6.07) is 20.6. The van der Waals surface area contributed by atoms with Gasteiger partial charge in [0.05, 0.1) is 17.8 Å². The second kappa shape index (κ2) is 9.08. The Balaban J connectivity index is 1.62. The number of aromatic nitrogens is 3. The predicted molar refractivity (Wildman–Crippen MR) is 139 cm³/mol. The van der Waals surface area contributed by atoms with Gasteiger partial charge in [0.25, 0.3) is 0 Å². The normalized spacial score (nSPS) is 17.9. The fourth-order valence-electron chi connectivity index (χ4n) is 4.60. The summed E-state index contributed by atoms with van der Waals surface area (Å²) >= 11 is 9.41. The van der Waals surface area contributed by atoms with Crippen molar-refractivity contribution in [1.82, 2.24) is 19.9 Å². The predicted octanol–water partition coefficient (Wildman–Crippen LogP) is 5.88. The van der Waals surface area contributed by atoms with Crippen LogP contribution in [0.2, 0.25) is 0 Å². The molecule has 0 spiro atoms. The number of pyridine rings is 2. The molecule has 7 heteroatoms. The van der Waals surface area contributed by atoms with E-state index in [1.165, 1.54) is 22.5 Å². The molecule has 1 aliphatic heterocycles. The van der Waals surface area contributed by atoms with Crippen molar-refractivity contribution in [3.63, 3.8) is 0 Å². The lowest BCUT2D eigenvalue weighted by molar-refractivity contribution is 0.563. The zero-order chi connectivity index (χ0) is 22.9. The first-order chi connectivity index (χ1) is 16.0. The number of nitrogens with one attached hydrogen (secondary N) is 1. The molecular weight excluding hydrogens is 494 g/mol. The molecule has 4 heterocycles. The summed E-state index contributed by atoms with van der Waals surface area (Å²) in [5, 5.41) is 4.26. The van der Waals surface area contributed by atoms with Gasteiger partial charge in [-0.15, -0.1) is 0 Å². The van der Waals surface area contributed by atoms with Crippen LogP contribution in [0.5, 0.6) is 0 Å². The van der Waals surface area contributed by atoms with Crippen molar-refractivity contribution < 1.29 is 0 Å². The third-order valence-corrected chi connectivity index (χ3v) is 7.04. The summed E-state index contributed by atoms with van der Waals surface area (Å²) in [6.45, 7) is 5.13. The van der Waals surface area contributed by atoms with Gasteiger partial charge in [-0.1, -0.05) is 28.1 Å². The highest BCUT2D eigenvalue weighted by molar-refractivity contribution is 9.10. The van der Waals surface area contributed by atoms with Gasteiger partial charge in [0.2, 0.25) is 0 Å². The molecule has 2 atom stereocenters. The quantitative estimate of drug-likeness (QED) is 0.334.